The van der Waals surface area contributed by atoms with Crippen molar-refractivity contribution in [2.45, 2.75) is 26.1 Å². The maximum atomic E-state index is 10.1. The van der Waals surface area contributed by atoms with Gasteiger partial charge in [-0.25, -0.2) is 9.97 Å². The van der Waals surface area contributed by atoms with Crippen LogP contribution < -0.4 is 5.32 Å². The topological polar surface area (TPSA) is 67.3 Å². The van der Waals surface area contributed by atoms with E-state index in [4.69, 9.17) is 16.3 Å². The average molecular weight is 306 g/mol. The molecule has 0 aliphatic heterocycles. The van der Waals surface area contributed by atoms with Gasteiger partial charge in [0, 0.05) is 25.0 Å². The van der Waals surface area contributed by atoms with Gasteiger partial charge in [-0.15, -0.1) is 0 Å². The number of ether oxygens (including phenoxy) is 1. The molecule has 108 valence electrons. The van der Waals surface area contributed by atoms with Crippen LogP contribution in [-0.4, -0.2) is 45.8 Å². The van der Waals surface area contributed by atoms with Crippen molar-refractivity contribution in [2.75, 3.05) is 30.5 Å². The Morgan fingerprint density at radius 3 is 2.89 bits per heavy atom. The predicted molar refractivity (Wildman–Crippen MR) is 79.9 cm³/mol. The Hall–Kier alpha value is -0.560. The van der Waals surface area contributed by atoms with E-state index in [0.29, 0.717) is 42.3 Å². The molecule has 7 heteroatoms. The second-order valence-electron chi connectivity index (χ2n) is 4.41. The van der Waals surface area contributed by atoms with Crippen molar-refractivity contribution >= 4 is 29.2 Å². The third kappa shape index (κ3) is 6.42. The van der Waals surface area contributed by atoms with Gasteiger partial charge in [-0.1, -0.05) is 11.6 Å². The third-order valence-electron chi connectivity index (χ3n) is 2.28. The molecule has 0 spiro atoms. The first kappa shape index (κ1) is 16.5. The first-order valence-electron chi connectivity index (χ1n) is 6.03. The molecule has 1 atom stereocenters. The first-order chi connectivity index (χ1) is 8.96. The fourth-order valence-corrected chi connectivity index (χ4v) is 2.38. The molecule has 1 heterocycles. The van der Waals surface area contributed by atoms with Crippen LogP contribution in [0.15, 0.2) is 6.07 Å². The molecule has 0 amide bonds. The van der Waals surface area contributed by atoms with E-state index in [2.05, 4.69) is 15.3 Å². The third-order valence-corrected chi connectivity index (χ3v) is 3.39. The zero-order chi connectivity index (χ0) is 14.3. The van der Waals surface area contributed by atoms with Crippen LogP contribution >= 0.6 is 23.4 Å². The highest BCUT2D eigenvalue weighted by Gasteiger charge is 2.19. The fraction of sp³-hybridized carbons (Fsp3) is 0.667. The second kappa shape index (κ2) is 7.89. The Bertz CT molecular complexity index is 405. The van der Waals surface area contributed by atoms with E-state index in [0.717, 1.165) is 0 Å². The van der Waals surface area contributed by atoms with Crippen molar-refractivity contribution in [3.05, 3.63) is 17.0 Å². The highest BCUT2D eigenvalue weighted by atomic mass is 35.5. The van der Waals surface area contributed by atoms with E-state index in [-0.39, 0.29) is 0 Å². The lowest BCUT2D eigenvalue weighted by Crippen LogP contribution is -2.36. The van der Waals surface area contributed by atoms with Crippen molar-refractivity contribution in [1.82, 2.24) is 9.97 Å². The summed E-state index contributed by atoms with van der Waals surface area (Å²) in [7, 11) is 0. The van der Waals surface area contributed by atoms with Crippen molar-refractivity contribution in [3.8, 4) is 0 Å². The number of aromatic nitrogens is 2. The fourth-order valence-electron chi connectivity index (χ4n) is 1.46. The number of hydrogen-bond donors (Lipinski definition) is 2. The Labute approximate surface area is 123 Å². The zero-order valence-corrected chi connectivity index (χ0v) is 13.0. The quantitative estimate of drug-likeness (QED) is 0.718. The van der Waals surface area contributed by atoms with Gasteiger partial charge in [-0.2, -0.15) is 11.8 Å². The van der Waals surface area contributed by atoms with Crippen LogP contribution in [-0.2, 0) is 11.3 Å². The van der Waals surface area contributed by atoms with Crippen LogP contribution in [0.1, 0.15) is 19.7 Å². The Morgan fingerprint density at radius 1 is 1.53 bits per heavy atom. The van der Waals surface area contributed by atoms with Gasteiger partial charge in [-0.05, 0) is 20.1 Å². The molecule has 0 saturated heterocycles. The molecule has 1 rings (SSSR count). The summed E-state index contributed by atoms with van der Waals surface area (Å²) in [6.45, 7) is 5.01. The lowest BCUT2D eigenvalue weighted by atomic mass is 10.1. The molecule has 0 saturated carbocycles. The van der Waals surface area contributed by atoms with Gasteiger partial charge in [-0.3, -0.25) is 0 Å². The number of rotatable bonds is 8. The van der Waals surface area contributed by atoms with E-state index in [1.165, 1.54) is 0 Å². The summed E-state index contributed by atoms with van der Waals surface area (Å²) < 4.78 is 5.25. The minimum absolute atomic E-state index is 0.326. The monoisotopic (exact) mass is 305 g/mol. The van der Waals surface area contributed by atoms with Crippen LogP contribution in [0.5, 0.6) is 0 Å². The SMILES string of the molecule is CCOCc1nc(Cl)cc(NCC(C)(O)CSC)n1. The molecule has 1 aromatic heterocycles. The van der Waals surface area contributed by atoms with Gasteiger partial charge in [0.05, 0.1) is 5.60 Å². The van der Waals surface area contributed by atoms with E-state index in [1.807, 2.05) is 13.2 Å². The number of hydrogen-bond acceptors (Lipinski definition) is 6. The predicted octanol–water partition coefficient (Wildman–Crippen LogP) is 2.19. The number of anilines is 1. The summed E-state index contributed by atoms with van der Waals surface area (Å²) >= 11 is 7.52. The van der Waals surface area contributed by atoms with Gasteiger partial charge >= 0.3 is 0 Å². The molecule has 1 aromatic rings. The largest absolute Gasteiger partial charge is 0.387 e. The highest BCUT2D eigenvalue weighted by molar-refractivity contribution is 7.98. The van der Waals surface area contributed by atoms with Crippen LogP contribution in [0.2, 0.25) is 5.15 Å². The Morgan fingerprint density at radius 2 is 2.26 bits per heavy atom. The maximum absolute atomic E-state index is 10.1. The number of nitrogens with zero attached hydrogens (tertiary/aromatic N) is 2. The molecule has 0 radical (unpaired) electrons. The van der Waals surface area contributed by atoms with E-state index >= 15 is 0 Å². The molecule has 2 N–H and O–H groups in total. The maximum Gasteiger partial charge on any atom is 0.158 e. The normalized spacial score (nSPS) is 14.2. The lowest BCUT2D eigenvalue weighted by Gasteiger charge is -2.22. The van der Waals surface area contributed by atoms with Crippen LogP contribution in [0, 0.1) is 0 Å². The lowest BCUT2D eigenvalue weighted by molar-refractivity contribution is 0.0996. The summed E-state index contributed by atoms with van der Waals surface area (Å²) in [5.74, 6) is 1.77. The van der Waals surface area contributed by atoms with Gasteiger partial charge in [0.25, 0.3) is 0 Å². The summed E-state index contributed by atoms with van der Waals surface area (Å²) in [5.41, 5.74) is -0.795. The standard InChI is InChI=1S/C12H20ClN3O2S/c1-4-18-6-11-15-9(13)5-10(16-11)14-7-12(2,17)8-19-3/h5,17H,4,6-8H2,1-3H3,(H,14,15,16). The van der Waals surface area contributed by atoms with E-state index in [1.54, 1.807) is 24.8 Å². The summed E-state index contributed by atoms with van der Waals surface area (Å²) in [5, 5.41) is 13.5. The number of halogens is 1. The molecule has 1 unspecified atom stereocenters. The number of nitrogens with one attached hydrogen (secondary N) is 1. The smallest absolute Gasteiger partial charge is 0.158 e. The Balaban J connectivity index is 2.65. The molecule has 0 bridgehead atoms. The van der Waals surface area contributed by atoms with Gasteiger partial charge in [0.15, 0.2) is 5.82 Å². The van der Waals surface area contributed by atoms with Gasteiger partial charge < -0.3 is 15.2 Å². The molecule has 5 nitrogen and oxygen atoms in total. The summed E-state index contributed by atoms with van der Waals surface area (Å²) in [6, 6.07) is 1.63. The summed E-state index contributed by atoms with van der Waals surface area (Å²) in [6.07, 6.45) is 1.95. The van der Waals surface area contributed by atoms with E-state index < -0.39 is 5.60 Å². The first-order valence-corrected chi connectivity index (χ1v) is 7.80. The van der Waals surface area contributed by atoms with Gasteiger partial charge in [0.2, 0.25) is 0 Å². The average Bonchev–Trinajstić information content (AvgIpc) is 2.33. The molecule has 0 aliphatic carbocycles. The van der Waals surface area contributed by atoms with Crippen molar-refractivity contribution < 1.29 is 9.84 Å². The minimum Gasteiger partial charge on any atom is -0.387 e. The molecule has 19 heavy (non-hydrogen) atoms. The molecule has 0 fully saturated rings. The second-order valence-corrected chi connectivity index (χ2v) is 5.67. The number of aliphatic hydroxyl groups is 1. The van der Waals surface area contributed by atoms with Crippen LogP contribution in [0.4, 0.5) is 5.82 Å². The number of thioether (sulfide) groups is 1. The highest BCUT2D eigenvalue weighted by Crippen LogP contribution is 2.15. The van der Waals surface area contributed by atoms with Gasteiger partial charge in [0.1, 0.15) is 17.6 Å². The minimum atomic E-state index is -0.795. The van der Waals surface area contributed by atoms with Crippen LogP contribution in [0.3, 0.4) is 0 Å². The van der Waals surface area contributed by atoms with E-state index in [9.17, 15) is 5.11 Å². The molecule has 0 aromatic carbocycles. The van der Waals surface area contributed by atoms with Crippen LogP contribution in [0.25, 0.3) is 0 Å². The molecular weight excluding hydrogens is 286 g/mol. The van der Waals surface area contributed by atoms with Crippen molar-refractivity contribution in [1.29, 1.82) is 0 Å². The molecular formula is C12H20ClN3O2S. The van der Waals surface area contributed by atoms with Crippen molar-refractivity contribution in [2.24, 2.45) is 0 Å². The Kier molecular flexibility index (Phi) is 6.85. The molecule has 0 aliphatic rings. The van der Waals surface area contributed by atoms with Crippen molar-refractivity contribution in [3.63, 3.8) is 0 Å². The zero-order valence-electron chi connectivity index (χ0n) is 11.4. The summed E-state index contributed by atoms with van der Waals surface area (Å²) in [4.78, 5) is 8.36.